The third-order valence-electron chi connectivity index (χ3n) is 3.37. The molecule has 2 aliphatic rings. The van der Waals surface area contributed by atoms with E-state index in [9.17, 15) is 9.50 Å². The van der Waals surface area contributed by atoms with Crippen LogP contribution in [-0.4, -0.2) is 5.11 Å². The summed E-state index contributed by atoms with van der Waals surface area (Å²) in [5, 5.41) is 10.6. The van der Waals surface area contributed by atoms with Gasteiger partial charge in [-0.05, 0) is 17.7 Å². The van der Waals surface area contributed by atoms with Crippen molar-refractivity contribution in [3.05, 3.63) is 60.0 Å². The Morgan fingerprint density at radius 2 is 1.40 bits per heavy atom. The summed E-state index contributed by atoms with van der Waals surface area (Å²) in [6.45, 7) is 0. The largest absolute Gasteiger partial charge is 0.383 e. The van der Waals surface area contributed by atoms with E-state index in [1.807, 2.05) is 24.3 Å². The lowest BCUT2D eigenvalue weighted by Crippen LogP contribution is -2.32. The van der Waals surface area contributed by atoms with Crippen molar-refractivity contribution in [2.24, 2.45) is 11.8 Å². The van der Waals surface area contributed by atoms with E-state index < -0.39 is 5.60 Å². The van der Waals surface area contributed by atoms with Crippen molar-refractivity contribution in [1.29, 1.82) is 0 Å². The maximum absolute atomic E-state index is 12.8. The Balaban J connectivity index is 2.05. The number of aliphatic hydroxyl groups is 1. The van der Waals surface area contributed by atoms with Crippen molar-refractivity contribution >= 4 is 0 Å². The van der Waals surface area contributed by atoms with Crippen LogP contribution in [0.4, 0.5) is 4.39 Å². The van der Waals surface area contributed by atoms with Crippen molar-refractivity contribution in [3.63, 3.8) is 0 Å². The van der Waals surface area contributed by atoms with E-state index in [2.05, 4.69) is 0 Å². The fraction of sp³-hybridized carbons (Fsp3) is 0.231. The summed E-state index contributed by atoms with van der Waals surface area (Å²) in [6.07, 6.45) is 8.03. The summed E-state index contributed by atoms with van der Waals surface area (Å²) in [7, 11) is 0. The molecule has 1 aromatic carbocycles. The molecule has 15 heavy (non-hydrogen) atoms. The van der Waals surface area contributed by atoms with Gasteiger partial charge in [0.25, 0.3) is 0 Å². The molecular formula is C13H11FO. The number of fused-ring (bicyclic) bond motifs is 2. The number of hydrogen-bond donors (Lipinski definition) is 1. The molecule has 0 saturated carbocycles. The zero-order valence-electron chi connectivity index (χ0n) is 8.10. The lowest BCUT2D eigenvalue weighted by Gasteiger charge is -2.29. The summed E-state index contributed by atoms with van der Waals surface area (Å²) < 4.78 is 12.8. The topological polar surface area (TPSA) is 20.2 Å². The van der Waals surface area contributed by atoms with E-state index in [1.54, 1.807) is 12.1 Å². The van der Waals surface area contributed by atoms with Crippen molar-refractivity contribution in [3.8, 4) is 0 Å². The minimum absolute atomic E-state index is 0.0351. The van der Waals surface area contributed by atoms with Gasteiger partial charge in [-0.3, -0.25) is 0 Å². The fourth-order valence-electron chi connectivity index (χ4n) is 2.52. The van der Waals surface area contributed by atoms with Gasteiger partial charge >= 0.3 is 0 Å². The second kappa shape index (κ2) is 2.80. The van der Waals surface area contributed by atoms with Gasteiger partial charge in [0.15, 0.2) is 0 Å². The molecule has 1 aromatic rings. The summed E-state index contributed by atoms with van der Waals surface area (Å²) in [4.78, 5) is 0. The van der Waals surface area contributed by atoms with Gasteiger partial charge < -0.3 is 5.11 Å². The van der Waals surface area contributed by atoms with E-state index in [4.69, 9.17) is 0 Å². The Hall–Kier alpha value is -1.41. The van der Waals surface area contributed by atoms with Crippen LogP contribution in [0.15, 0.2) is 48.6 Å². The monoisotopic (exact) mass is 202 g/mol. The predicted octanol–water partition coefficient (Wildman–Crippen LogP) is 2.39. The van der Waals surface area contributed by atoms with E-state index >= 15 is 0 Å². The standard InChI is InChI=1S/C13H11FO/c14-12-7-5-11(6-8-12)13(15)9-1-2-10(13)4-3-9/h1-10,15H. The van der Waals surface area contributed by atoms with Gasteiger partial charge in [-0.1, -0.05) is 36.4 Å². The first-order chi connectivity index (χ1) is 7.21. The zero-order chi connectivity index (χ0) is 10.5. The third kappa shape index (κ3) is 1.05. The van der Waals surface area contributed by atoms with Crippen LogP contribution in [0.25, 0.3) is 0 Å². The maximum Gasteiger partial charge on any atom is 0.123 e. The molecule has 0 unspecified atom stereocenters. The van der Waals surface area contributed by atoms with E-state index in [0.717, 1.165) is 5.56 Å². The number of halogens is 1. The minimum Gasteiger partial charge on any atom is -0.383 e. The highest BCUT2D eigenvalue weighted by Crippen LogP contribution is 2.49. The Labute approximate surface area is 87.6 Å². The van der Waals surface area contributed by atoms with Gasteiger partial charge in [0.1, 0.15) is 11.4 Å². The first-order valence-corrected chi connectivity index (χ1v) is 5.06. The quantitative estimate of drug-likeness (QED) is 0.693. The van der Waals surface area contributed by atoms with Crippen LogP contribution in [0.5, 0.6) is 0 Å². The average Bonchev–Trinajstić information content (AvgIpc) is 2.74. The summed E-state index contributed by atoms with van der Waals surface area (Å²) in [5.74, 6) is -0.200. The lowest BCUT2D eigenvalue weighted by atomic mass is 9.82. The molecule has 0 fully saturated rings. The highest BCUT2D eigenvalue weighted by atomic mass is 19.1. The highest BCUT2D eigenvalue weighted by Gasteiger charge is 2.48. The van der Waals surface area contributed by atoms with Crippen LogP contribution in [0.2, 0.25) is 0 Å². The molecule has 0 saturated heterocycles. The van der Waals surface area contributed by atoms with Gasteiger partial charge in [0.2, 0.25) is 0 Å². The molecule has 0 amide bonds. The SMILES string of the molecule is OC1(c2ccc(F)cc2)C2C=CC1C=C2. The fourth-order valence-corrected chi connectivity index (χ4v) is 2.52. The van der Waals surface area contributed by atoms with Crippen LogP contribution in [0, 0.1) is 17.7 Å². The van der Waals surface area contributed by atoms with Crippen molar-refractivity contribution in [2.75, 3.05) is 0 Å². The second-order valence-electron chi connectivity index (χ2n) is 4.15. The Kier molecular flexibility index (Phi) is 1.65. The van der Waals surface area contributed by atoms with E-state index in [-0.39, 0.29) is 17.7 Å². The lowest BCUT2D eigenvalue weighted by molar-refractivity contribution is 0.00628. The van der Waals surface area contributed by atoms with Crippen LogP contribution in [0.3, 0.4) is 0 Å². The third-order valence-corrected chi connectivity index (χ3v) is 3.37. The molecule has 76 valence electrons. The number of rotatable bonds is 1. The van der Waals surface area contributed by atoms with Crippen molar-refractivity contribution in [1.82, 2.24) is 0 Å². The van der Waals surface area contributed by atoms with Crippen molar-refractivity contribution < 1.29 is 9.50 Å². The zero-order valence-corrected chi connectivity index (χ0v) is 8.10. The van der Waals surface area contributed by atoms with Crippen LogP contribution < -0.4 is 0 Å². The highest BCUT2D eigenvalue weighted by molar-refractivity contribution is 5.40. The molecule has 0 aliphatic heterocycles. The number of hydrogen-bond acceptors (Lipinski definition) is 1. The molecule has 3 rings (SSSR count). The maximum atomic E-state index is 12.8. The summed E-state index contributed by atoms with van der Waals surface area (Å²) in [5.41, 5.74) is -0.0952. The summed E-state index contributed by atoms with van der Waals surface area (Å²) in [6, 6.07) is 6.11. The summed E-state index contributed by atoms with van der Waals surface area (Å²) >= 11 is 0. The molecule has 2 bridgehead atoms. The first kappa shape index (κ1) is 8.86. The molecule has 0 heterocycles. The first-order valence-electron chi connectivity index (χ1n) is 5.06. The molecule has 0 aromatic heterocycles. The molecule has 0 radical (unpaired) electrons. The second-order valence-corrected chi connectivity index (χ2v) is 4.15. The van der Waals surface area contributed by atoms with Gasteiger partial charge in [0.05, 0.1) is 0 Å². The predicted molar refractivity (Wildman–Crippen MR) is 55.6 cm³/mol. The normalized spacial score (nSPS) is 36.4. The smallest absolute Gasteiger partial charge is 0.123 e. The van der Waals surface area contributed by atoms with E-state index in [1.165, 1.54) is 12.1 Å². The van der Waals surface area contributed by atoms with Gasteiger partial charge in [-0.15, -0.1) is 0 Å². The van der Waals surface area contributed by atoms with Crippen LogP contribution in [0.1, 0.15) is 5.56 Å². The van der Waals surface area contributed by atoms with Crippen LogP contribution >= 0.6 is 0 Å². The van der Waals surface area contributed by atoms with E-state index in [0.29, 0.717) is 0 Å². The Morgan fingerprint density at radius 1 is 0.933 bits per heavy atom. The van der Waals surface area contributed by atoms with Gasteiger partial charge in [0, 0.05) is 11.8 Å². The number of benzene rings is 1. The molecule has 0 atom stereocenters. The van der Waals surface area contributed by atoms with Gasteiger partial charge in [-0.25, -0.2) is 4.39 Å². The molecular weight excluding hydrogens is 191 g/mol. The molecule has 2 aliphatic carbocycles. The molecule has 2 heteroatoms. The van der Waals surface area contributed by atoms with Gasteiger partial charge in [-0.2, -0.15) is 0 Å². The van der Waals surface area contributed by atoms with Crippen LogP contribution in [-0.2, 0) is 5.60 Å². The molecule has 0 spiro atoms. The Bertz CT molecular complexity index is 414. The average molecular weight is 202 g/mol. The minimum atomic E-state index is -0.881. The molecule has 1 N–H and O–H groups in total. The Morgan fingerprint density at radius 3 is 1.87 bits per heavy atom. The van der Waals surface area contributed by atoms with Crippen molar-refractivity contribution in [2.45, 2.75) is 5.60 Å². The molecule has 1 nitrogen and oxygen atoms in total.